The highest BCUT2D eigenvalue weighted by atomic mass is 16.3. The van der Waals surface area contributed by atoms with Gasteiger partial charge in [0.25, 0.3) is 0 Å². The second-order valence-electron chi connectivity index (χ2n) is 5.60. The van der Waals surface area contributed by atoms with Gasteiger partial charge in [0.2, 0.25) is 5.56 Å². The van der Waals surface area contributed by atoms with Crippen LogP contribution < -0.4 is 10.9 Å². The zero-order chi connectivity index (χ0) is 12.5. The lowest BCUT2D eigenvalue weighted by atomic mass is 9.82. The molecule has 4 heteroatoms. The van der Waals surface area contributed by atoms with E-state index in [1.807, 2.05) is 6.07 Å². The van der Waals surface area contributed by atoms with E-state index < -0.39 is 0 Å². The number of nitrogens with one attached hydrogen (secondary N) is 2. The molecule has 0 aromatic carbocycles. The van der Waals surface area contributed by atoms with Crippen molar-refractivity contribution in [3.05, 3.63) is 33.7 Å². The molecule has 2 aliphatic carbocycles. The van der Waals surface area contributed by atoms with E-state index in [-0.39, 0.29) is 11.7 Å². The van der Waals surface area contributed by atoms with Crippen molar-refractivity contribution in [3.63, 3.8) is 0 Å². The molecular weight excluding hydrogens is 228 g/mol. The molecule has 3 rings (SSSR count). The summed E-state index contributed by atoms with van der Waals surface area (Å²) >= 11 is 0. The van der Waals surface area contributed by atoms with E-state index in [0.29, 0.717) is 12.0 Å². The zero-order valence-corrected chi connectivity index (χ0v) is 10.5. The molecule has 0 aliphatic heterocycles. The molecule has 18 heavy (non-hydrogen) atoms. The SMILES string of the molecule is O=c1ccc2c([nH]1)CCCC2NCC1CC(O)C1. The molecule has 1 saturated carbocycles. The van der Waals surface area contributed by atoms with Crippen LogP contribution in [0.15, 0.2) is 16.9 Å². The Bertz CT molecular complexity index is 477. The summed E-state index contributed by atoms with van der Waals surface area (Å²) in [6, 6.07) is 3.94. The van der Waals surface area contributed by atoms with Crippen LogP contribution in [0, 0.1) is 5.92 Å². The average Bonchev–Trinajstić information content (AvgIpc) is 2.32. The van der Waals surface area contributed by atoms with Crippen LogP contribution in [-0.4, -0.2) is 22.7 Å². The summed E-state index contributed by atoms with van der Waals surface area (Å²) in [5, 5.41) is 12.9. The molecule has 1 fully saturated rings. The van der Waals surface area contributed by atoms with Gasteiger partial charge in [-0.1, -0.05) is 6.07 Å². The number of aryl methyl sites for hydroxylation is 1. The van der Waals surface area contributed by atoms with Crippen LogP contribution in [0.25, 0.3) is 0 Å². The third-order valence-electron chi connectivity index (χ3n) is 4.20. The lowest BCUT2D eigenvalue weighted by molar-refractivity contribution is 0.0415. The van der Waals surface area contributed by atoms with E-state index >= 15 is 0 Å². The average molecular weight is 248 g/mol. The first-order valence-corrected chi connectivity index (χ1v) is 6.86. The third kappa shape index (κ3) is 2.35. The molecule has 0 radical (unpaired) electrons. The highest BCUT2D eigenvalue weighted by Crippen LogP contribution is 2.30. The topological polar surface area (TPSA) is 65.1 Å². The fourth-order valence-corrected chi connectivity index (χ4v) is 3.09. The summed E-state index contributed by atoms with van der Waals surface area (Å²) in [7, 11) is 0. The monoisotopic (exact) mass is 248 g/mol. The fraction of sp³-hybridized carbons (Fsp3) is 0.643. The Balaban J connectivity index is 1.65. The largest absolute Gasteiger partial charge is 0.393 e. The van der Waals surface area contributed by atoms with Gasteiger partial charge in [-0.3, -0.25) is 4.79 Å². The molecule has 4 nitrogen and oxygen atoms in total. The molecule has 2 aliphatic rings. The molecule has 1 atom stereocenters. The minimum Gasteiger partial charge on any atom is -0.393 e. The summed E-state index contributed by atoms with van der Waals surface area (Å²) in [6.45, 7) is 0.973. The predicted octanol–water partition coefficient (Wildman–Crippen LogP) is 1.11. The summed E-state index contributed by atoms with van der Waals surface area (Å²) in [6.07, 6.45) is 5.01. The fourth-order valence-electron chi connectivity index (χ4n) is 3.09. The van der Waals surface area contributed by atoms with Gasteiger partial charge in [0.05, 0.1) is 6.10 Å². The van der Waals surface area contributed by atoms with Crippen LogP contribution in [-0.2, 0) is 6.42 Å². The van der Waals surface area contributed by atoms with Crippen molar-refractivity contribution in [2.45, 2.75) is 44.2 Å². The summed E-state index contributed by atoms with van der Waals surface area (Å²) in [5.41, 5.74) is 2.34. The molecule has 1 aromatic heterocycles. The van der Waals surface area contributed by atoms with E-state index in [4.69, 9.17) is 0 Å². The molecule has 0 spiro atoms. The number of H-pyrrole nitrogens is 1. The smallest absolute Gasteiger partial charge is 0.248 e. The van der Waals surface area contributed by atoms with Gasteiger partial charge in [-0.15, -0.1) is 0 Å². The number of fused-ring (bicyclic) bond motifs is 1. The number of aliphatic hydroxyl groups is 1. The van der Waals surface area contributed by atoms with Gasteiger partial charge in [-0.25, -0.2) is 0 Å². The Morgan fingerprint density at radius 2 is 2.22 bits per heavy atom. The Labute approximate surface area is 106 Å². The third-order valence-corrected chi connectivity index (χ3v) is 4.20. The lowest BCUT2D eigenvalue weighted by Gasteiger charge is -2.34. The summed E-state index contributed by atoms with van der Waals surface area (Å²) in [5.74, 6) is 0.619. The maximum Gasteiger partial charge on any atom is 0.248 e. The molecular formula is C14H20N2O2. The maximum atomic E-state index is 11.3. The van der Waals surface area contributed by atoms with Crippen LogP contribution in [0.4, 0.5) is 0 Å². The Morgan fingerprint density at radius 3 is 3.00 bits per heavy atom. The molecule has 0 amide bonds. The van der Waals surface area contributed by atoms with Crippen molar-refractivity contribution in [1.29, 1.82) is 0 Å². The van der Waals surface area contributed by atoms with E-state index in [9.17, 15) is 9.90 Å². The van der Waals surface area contributed by atoms with Gasteiger partial charge >= 0.3 is 0 Å². The van der Waals surface area contributed by atoms with E-state index in [1.54, 1.807) is 6.07 Å². The predicted molar refractivity (Wildman–Crippen MR) is 69.5 cm³/mol. The van der Waals surface area contributed by atoms with Crippen LogP contribution in [0.3, 0.4) is 0 Å². The zero-order valence-electron chi connectivity index (χ0n) is 10.5. The first-order valence-electron chi connectivity index (χ1n) is 6.86. The van der Waals surface area contributed by atoms with Crippen LogP contribution in [0.1, 0.15) is 43.0 Å². The van der Waals surface area contributed by atoms with E-state index in [1.165, 1.54) is 5.56 Å². The number of aromatic amines is 1. The van der Waals surface area contributed by atoms with E-state index in [2.05, 4.69) is 10.3 Å². The molecule has 3 N–H and O–H groups in total. The second-order valence-corrected chi connectivity index (χ2v) is 5.60. The first-order chi connectivity index (χ1) is 8.72. The molecule has 1 heterocycles. The van der Waals surface area contributed by atoms with Crippen molar-refractivity contribution in [1.82, 2.24) is 10.3 Å². The van der Waals surface area contributed by atoms with Crippen molar-refractivity contribution in [3.8, 4) is 0 Å². The molecule has 0 saturated heterocycles. The minimum atomic E-state index is -0.0770. The van der Waals surface area contributed by atoms with Gasteiger partial charge < -0.3 is 15.4 Å². The Hall–Kier alpha value is -1.13. The van der Waals surface area contributed by atoms with Crippen LogP contribution in [0.5, 0.6) is 0 Å². The van der Waals surface area contributed by atoms with Gasteiger partial charge in [0.15, 0.2) is 0 Å². The first kappa shape index (κ1) is 11.9. The number of aliphatic hydroxyl groups excluding tert-OH is 1. The summed E-state index contributed by atoms with van der Waals surface area (Å²) < 4.78 is 0. The second kappa shape index (κ2) is 4.86. The molecule has 0 bridgehead atoms. The quantitative estimate of drug-likeness (QED) is 0.751. The number of pyridine rings is 1. The number of hydrogen-bond donors (Lipinski definition) is 3. The van der Waals surface area contributed by atoms with Gasteiger partial charge in [-0.2, -0.15) is 0 Å². The molecule has 1 unspecified atom stereocenters. The van der Waals surface area contributed by atoms with Crippen molar-refractivity contribution in [2.24, 2.45) is 5.92 Å². The number of aromatic nitrogens is 1. The van der Waals surface area contributed by atoms with Gasteiger partial charge in [0, 0.05) is 17.8 Å². The van der Waals surface area contributed by atoms with Crippen LogP contribution in [0.2, 0.25) is 0 Å². The molecule has 98 valence electrons. The number of rotatable bonds is 3. The van der Waals surface area contributed by atoms with Crippen LogP contribution >= 0.6 is 0 Å². The van der Waals surface area contributed by atoms with Crippen molar-refractivity contribution < 1.29 is 5.11 Å². The Morgan fingerprint density at radius 1 is 1.39 bits per heavy atom. The highest BCUT2D eigenvalue weighted by Gasteiger charge is 2.28. The van der Waals surface area contributed by atoms with Crippen molar-refractivity contribution >= 4 is 0 Å². The highest BCUT2D eigenvalue weighted by molar-refractivity contribution is 5.26. The normalized spacial score (nSPS) is 30.6. The standard InChI is InChI=1S/C14H20N2O2/c17-10-6-9(7-10)8-15-12-2-1-3-13-11(12)4-5-14(18)16-13/h4-5,9-10,12,15,17H,1-3,6-8H2,(H,16,18). The minimum absolute atomic E-state index is 0.00323. The summed E-state index contributed by atoms with van der Waals surface area (Å²) in [4.78, 5) is 14.2. The Kier molecular flexibility index (Phi) is 3.22. The van der Waals surface area contributed by atoms with Gasteiger partial charge in [-0.05, 0) is 50.1 Å². The molecule has 1 aromatic rings. The van der Waals surface area contributed by atoms with E-state index in [0.717, 1.165) is 44.3 Å². The van der Waals surface area contributed by atoms with Crippen molar-refractivity contribution in [2.75, 3.05) is 6.54 Å². The van der Waals surface area contributed by atoms with Gasteiger partial charge in [0.1, 0.15) is 0 Å². The lowest BCUT2D eigenvalue weighted by Crippen LogP contribution is -2.38. The number of hydrogen-bond acceptors (Lipinski definition) is 3. The maximum absolute atomic E-state index is 11.3.